The van der Waals surface area contributed by atoms with E-state index in [1.807, 2.05) is 19.1 Å². The van der Waals surface area contributed by atoms with Crippen LogP contribution in [-0.2, 0) is 6.54 Å². The van der Waals surface area contributed by atoms with E-state index in [4.69, 9.17) is 4.42 Å². The zero-order chi connectivity index (χ0) is 19.8. The topological polar surface area (TPSA) is 79.6 Å². The SMILES string of the molecule is Cc1cc(Br)ccc1NC(=O)c1ccc2c(c1)C(=O)N(Cc1ccco1)C2=O. The highest BCUT2D eigenvalue weighted by Gasteiger charge is 2.36. The van der Waals surface area contributed by atoms with Crippen LogP contribution in [0.3, 0.4) is 0 Å². The minimum Gasteiger partial charge on any atom is -0.467 e. The van der Waals surface area contributed by atoms with E-state index in [9.17, 15) is 14.4 Å². The number of aryl methyl sites for hydroxylation is 1. The number of carbonyl (C=O) groups excluding carboxylic acids is 3. The number of imide groups is 1. The molecule has 1 aliphatic rings. The number of hydrogen-bond donors (Lipinski definition) is 1. The van der Waals surface area contributed by atoms with Crippen LogP contribution in [0.5, 0.6) is 0 Å². The van der Waals surface area contributed by atoms with Gasteiger partial charge in [-0.3, -0.25) is 19.3 Å². The number of nitrogens with one attached hydrogen (secondary N) is 1. The molecular weight excluding hydrogens is 424 g/mol. The summed E-state index contributed by atoms with van der Waals surface area (Å²) < 4.78 is 6.14. The lowest BCUT2D eigenvalue weighted by atomic mass is 10.0. The lowest BCUT2D eigenvalue weighted by Crippen LogP contribution is -2.28. The van der Waals surface area contributed by atoms with Gasteiger partial charge in [-0.05, 0) is 61.0 Å². The molecule has 6 nitrogen and oxygen atoms in total. The fourth-order valence-corrected chi connectivity index (χ4v) is 3.57. The van der Waals surface area contributed by atoms with E-state index in [1.54, 1.807) is 24.3 Å². The Morgan fingerprint density at radius 2 is 1.86 bits per heavy atom. The number of amides is 3. The molecule has 4 rings (SSSR count). The Hall–Kier alpha value is -3.19. The van der Waals surface area contributed by atoms with Gasteiger partial charge in [0.05, 0.1) is 23.9 Å². The Morgan fingerprint density at radius 1 is 1.07 bits per heavy atom. The molecule has 0 saturated heterocycles. The predicted octanol–water partition coefficient (Wildman–Crippen LogP) is 4.40. The molecule has 0 fully saturated rings. The van der Waals surface area contributed by atoms with Crippen molar-refractivity contribution >= 4 is 39.3 Å². The van der Waals surface area contributed by atoms with Gasteiger partial charge in [0.2, 0.25) is 0 Å². The van der Waals surface area contributed by atoms with E-state index >= 15 is 0 Å². The Bertz CT molecular complexity index is 1110. The Balaban J connectivity index is 1.58. The summed E-state index contributed by atoms with van der Waals surface area (Å²) in [5.74, 6) is -0.672. The van der Waals surface area contributed by atoms with Crippen LogP contribution in [0.15, 0.2) is 63.7 Å². The fourth-order valence-electron chi connectivity index (χ4n) is 3.10. The van der Waals surface area contributed by atoms with Crippen molar-refractivity contribution in [2.24, 2.45) is 0 Å². The summed E-state index contributed by atoms with van der Waals surface area (Å²) in [6.07, 6.45) is 1.49. The van der Waals surface area contributed by atoms with Gasteiger partial charge in [0, 0.05) is 15.7 Å². The van der Waals surface area contributed by atoms with Crippen LogP contribution >= 0.6 is 15.9 Å². The third-order valence-electron chi connectivity index (χ3n) is 4.56. The van der Waals surface area contributed by atoms with Gasteiger partial charge in [0.25, 0.3) is 17.7 Å². The van der Waals surface area contributed by atoms with Crippen LogP contribution in [0.25, 0.3) is 0 Å². The second-order valence-electron chi connectivity index (χ2n) is 6.45. The molecule has 3 amide bonds. The van der Waals surface area contributed by atoms with Gasteiger partial charge in [0.15, 0.2) is 0 Å². The quantitative estimate of drug-likeness (QED) is 0.612. The number of fused-ring (bicyclic) bond motifs is 1. The van der Waals surface area contributed by atoms with Crippen LogP contribution in [0.4, 0.5) is 5.69 Å². The van der Waals surface area contributed by atoms with Crippen molar-refractivity contribution in [2.75, 3.05) is 5.32 Å². The maximum atomic E-state index is 12.7. The largest absolute Gasteiger partial charge is 0.467 e. The summed E-state index contributed by atoms with van der Waals surface area (Å²) in [5.41, 5.74) is 2.39. The molecule has 0 unspecified atom stereocenters. The molecular formula is C21H15BrN2O4. The number of hydrogen-bond acceptors (Lipinski definition) is 4. The zero-order valence-corrected chi connectivity index (χ0v) is 16.4. The molecule has 0 atom stereocenters. The van der Waals surface area contributed by atoms with E-state index in [0.717, 1.165) is 14.9 Å². The number of carbonyl (C=O) groups is 3. The van der Waals surface area contributed by atoms with Crippen molar-refractivity contribution in [1.82, 2.24) is 4.90 Å². The summed E-state index contributed by atoms with van der Waals surface area (Å²) in [6.45, 7) is 1.94. The summed E-state index contributed by atoms with van der Waals surface area (Å²) in [4.78, 5) is 39.0. The van der Waals surface area contributed by atoms with Crippen molar-refractivity contribution in [1.29, 1.82) is 0 Å². The Labute approximate surface area is 169 Å². The third kappa shape index (κ3) is 3.25. The van der Waals surface area contributed by atoms with Gasteiger partial charge >= 0.3 is 0 Å². The van der Waals surface area contributed by atoms with Crippen LogP contribution in [0, 0.1) is 6.92 Å². The molecule has 7 heteroatoms. The molecule has 3 aromatic rings. The van der Waals surface area contributed by atoms with E-state index in [-0.39, 0.29) is 23.6 Å². The molecule has 0 aliphatic carbocycles. The first-order chi connectivity index (χ1) is 13.4. The lowest BCUT2D eigenvalue weighted by Gasteiger charge is -2.11. The molecule has 0 spiro atoms. The second kappa shape index (κ2) is 7.09. The van der Waals surface area contributed by atoms with Crippen molar-refractivity contribution in [2.45, 2.75) is 13.5 Å². The van der Waals surface area contributed by atoms with Gasteiger partial charge < -0.3 is 9.73 Å². The van der Waals surface area contributed by atoms with Crippen molar-refractivity contribution in [3.63, 3.8) is 0 Å². The molecule has 1 aromatic heterocycles. The van der Waals surface area contributed by atoms with Gasteiger partial charge in [-0.1, -0.05) is 15.9 Å². The van der Waals surface area contributed by atoms with E-state index in [1.165, 1.54) is 18.4 Å². The highest BCUT2D eigenvalue weighted by atomic mass is 79.9. The van der Waals surface area contributed by atoms with E-state index in [0.29, 0.717) is 17.0 Å². The number of benzene rings is 2. The first-order valence-corrected chi connectivity index (χ1v) is 9.33. The van der Waals surface area contributed by atoms with Crippen molar-refractivity contribution in [3.05, 3.63) is 87.3 Å². The Morgan fingerprint density at radius 3 is 2.57 bits per heavy atom. The standard InChI is InChI=1S/C21H15BrN2O4/c1-12-9-14(22)5-7-18(12)23-19(25)13-4-6-16-17(10-13)21(27)24(20(16)26)11-15-3-2-8-28-15/h2-10H,11H2,1H3,(H,23,25). The second-order valence-corrected chi connectivity index (χ2v) is 7.37. The monoisotopic (exact) mass is 438 g/mol. The highest BCUT2D eigenvalue weighted by molar-refractivity contribution is 9.10. The summed E-state index contributed by atoms with van der Waals surface area (Å²) in [7, 11) is 0. The number of halogens is 1. The van der Waals surface area contributed by atoms with E-state index < -0.39 is 11.8 Å². The number of furan rings is 1. The normalized spacial score (nSPS) is 13.0. The predicted molar refractivity (Wildman–Crippen MR) is 106 cm³/mol. The molecule has 140 valence electrons. The molecule has 0 radical (unpaired) electrons. The average molecular weight is 439 g/mol. The molecule has 0 saturated carbocycles. The molecule has 28 heavy (non-hydrogen) atoms. The zero-order valence-electron chi connectivity index (χ0n) is 14.9. The summed E-state index contributed by atoms with van der Waals surface area (Å²) in [6, 6.07) is 13.4. The minimum absolute atomic E-state index is 0.0545. The van der Waals surface area contributed by atoms with E-state index in [2.05, 4.69) is 21.2 Å². The molecule has 1 aliphatic heterocycles. The van der Waals surface area contributed by atoms with Crippen LogP contribution in [0.2, 0.25) is 0 Å². The Kier molecular flexibility index (Phi) is 4.60. The summed E-state index contributed by atoms with van der Waals surface area (Å²) in [5, 5.41) is 2.83. The minimum atomic E-state index is -0.439. The summed E-state index contributed by atoms with van der Waals surface area (Å²) >= 11 is 3.39. The van der Waals surface area contributed by atoms with Crippen LogP contribution < -0.4 is 5.32 Å². The van der Waals surface area contributed by atoms with Crippen molar-refractivity contribution in [3.8, 4) is 0 Å². The van der Waals surface area contributed by atoms with Crippen molar-refractivity contribution < 1.29 is 18.8 Å². The van der Waals surface area contributed by atoms with Gasteiger partial charge in [0.1, 0.15) is 5.76 Å². The molecule has 2 heterocycles. The molecule has 1 N–H and O–H groups in total. The van der Waals surface area contributed by atoms with Gasteiger partial charge in [-0.2, -0.15) is 0 Å². The number of anilines is 1. The first kappa shape index (κ1) is 18.2. The van der Waals surface area contributed by atoms with Gasteiger partial charge in [-0.15, -0.1) is 0 Å². The first-order valence-electron chi connectivity index (χ1n) is 8.54. The average Bonchev–Trinajstić information content (AvgIpc) is 3.27. The van der Waals surface area contributed by atoms with Crippen LogP contribution in [0.1, 0.15) is 42.4 Å². The fraction of sp³-hybridized carbons (Fsp3) is 0.0952. The lowest BCUT2D eigenvalue weighted by molar-refractivity contribution is 0.0631. The third-order valence-corrected chi connectivity index (χ3v) is 5.06. The smallest absolute Gasteiger partial charge is 0.261 e. The highest BCUT2D eigenvalue weighted by Crippen LogP contribution is 2.27. The number of nitrogens with zero attached hydrogens (tertiary/aromatic N) is 1. The number of rotatable bonds is 4. The maximum absolute atomic E-state index is 12.7. The maximum Gasteiger partial charge on any atom is 0.261 e. The van der Waals surface area contributed by atoms with Crippen LogP contribution in [-0.4, -0.2) is 22.6 Å². The molecule has 2 aromatic carbocycles. The molecule has 0 bridgehead atoms. The van der Waals surface area contributed by atoms with Gasteiger partial charge in [-0.25, -0.2) is 0 Å².